The van der Waals surface area contributed by atoms with Gasteiger partial charge in [-0.3, -0.25) is 0 Å². The zero-order chi connectivity index (χ0) is 36.3. The average molecular weight is 813 g/mol. The van der Waals surface area contributed by atoms with Gasteiger partial charge in [0.25, 0.3) is 0 Å². The molecule has 1 aromatic heterocycles. The van der Waals surface area contributed by atoms with Crippen LogP contribution in [0.15, 0.2) is 188 Å². The fourth-order valence-corrected chi connectivity index (χ4v) is 10.9. The molecule has 1 aliphatic rings. The second kappa shape index (κ2) is 13.1. The Morgan fingerprint density at radius 2 is 0.709 bits per heavy atom. The van der Waals surface area contributed by atoms with E-state index < -0.39 is 0 Å². The van der Waals surface area contributed by atoms with E-state index in [1.807, 2.05) is 36.4 Å². The summed E-state index contributed by atoms with van der Waals surface area (Å²) in [5, 5.41) is 7.78. The van der Waals surface area contributed by atoms with E-state index in [1.165, 1.54) is 72.8 Å². The standard InChI is InChI=1S/C51H31IN3/c1-3-12-32(13-4-1)49-53-50(33-14-5-2-6-15-33)55-51(54-49)38-23-26-44-46-30-37(24-27-47(46)52-48(44)31-38)35-17-11-16-34(28-35)36-22-25-43-41-20-8-7-18-39(41)40-19-9-10-21-42(40)45(43)29-36/h1-31H/q-1. The first-order valence-electron chi connectivity index (χ1n) is 18.5. The van der Waals surface area contributed by atoms with Crippen molar-refractivity contribution in [3.05, 3.63) is 195 Å². The molecular formula is C51H31IN3-. The summed E-state index contributed by atoms with van der Waals surface area (Å²) < 4.78 is 2.85. The first-order chi connectivity index (χ1) is 27.2. The second-order valence-electron chi connectivity index (χ2n) is 14.0. The summed E-state index contributed by atoms with van der Waals surface area (Å²) in [6.07, 6.45) is 0. The van der Waals surface area contributed by atoms with Crippen LogP contribution in [0.3, 0.4) is 0 Å². The monoisotopic (exact) mass is 812 g/mol. The number of benzene rings is 9. The van der Waals surface area contributed by atoms with Crippen LogP contribution in [-0.2, 0) is 0 Å². The van der Waals surface area contributed by atoms with Crippen LogP contribution in [0.2, 0.25) is 0 Å². The van der Waals surface area contributed by atoms with Gasteiger partial charge in [0.15, 0.2) is 0 Å². The van der Waals surface area contributed by atoms with Crippen LogP contribution in [0.25, 0.3) is 99.9 Å². The van der Waals surface area contributed by atoms with Gasteiger partial charge >= 0.3 is 283 Å². The van der Waals surface area contributed by atoms with Crippen LogP contribution in [0.5, 0.6) is 0 Å². The van der Waals surface area contributed by atoms with Crippen molar-refractivity contribution in [2.24, 2.45) is 0 Å². The van der Waals surface area contributed by atoms with Crippen LogP contribution in [0, 0.1) is 7.14 Å². The molecule has 3 nitrogen and oxygen atoms in total. The first-order valence-corrected chi connectivity index (χ1v) is 20.6. The third-order valence-electron chi connectivity index (χ3n) is 10.7. The third kappa shape index (κ3) is 5.60. The number of hydrogen-bond donors (Lipinski definition) is 0. The molecule has 9 aromatic carbocycles. The molecule has 0 saturated carbocycles. The quantitative estimate of drug-likeness (QED) is 0.128. The van der Waals surface area contributed by atoms with E-state index in [0.717, 1.165) is 16.7 Å². The molecular weight excluding hydrogens is 781 g/mol. The van der Waals surface area contributed by atoms with Gasteiger partial charge in [0.2, 0.25) is 0 Å². The van der Waals surface area contributed by atoms with Crippen molar-refractivity contribution >= 4 is 32.3 Å². The molecule has 0 N–H and O–H groups in total. The van der Waals surface area contributed by atoms with Crippen LogP contribution in [-0.4, -0.2) is 15.0 Å². The summed E-state index contributed by atoms with van der Waals surface area (Å²) in [6.45, 7) is 0. The maximum absolute atomic E-state index is 5.00. The summed E-state index contributed by atoms with van der Waals surface area (Å²) in [5.41, 5.74) is 10.5. The molecule has 0 fully saturated rings. The second-order valence-corrected chi connectivity index (χ2v) is 16.8. The number of rotatable bonds is 5. The van der Waals surface area contributed by atoms with E-state index in [-0.39, 0.29) is 21.2 Å². The molecule has 0 spiro atoms. The molecule has 0 atom stereocenters. The van der Waals surface area contributed by atoms with Crippen molar-refractivity contribution in [1.29, 1.82) is 0 Å². The number of hydrogen-bond acceptors (Lipinski definition) is 3. The molecule has 11 rings (SSSR count). The molecule has 0 saturated heterocycles. The molecule has 258 valence electrons. The normalized spacial score (nSPS) is 12.1. The fraction of sp³-hybridized carbons (Fsp3) is 0. The third-order valence-corrected chi connectivity index (χ3v) is 13.7. The summed E-state index contributed by atoms with van der Waals surface area (Å²) in [5.74, 6) is 2.06. The molecule has 0 bridgehead atoms. The zero-order valence-electron chi connectivity index (χ0n) is 29.6. The van der Waals surface area contributed by atoms with Crippen molar-refractivity contribution < 1.29 is 21.2 Å². The van der Waals surface area contributed by atoms with Gasteiger partial charge in [0, 0.05) is 0 Å². The van der Waals surface area contributed by atoms with Crippen molar-refractivity contribution in [3.63, 3.8) is 0 Å². The molecule has 0 unspecified atom stereocenters. The average Bonchev–Trinajstić information content (AvgIpc) is 3.64. The molecule has 10 aromatic rings. The van der Waals surface area contributed by atoms with Gasteiger partial charge in [0.1, 0.15) is 0 Å². The molecule has 0 amide bonds. The van der Waals surface area contributed by atoms with Gasteiger partial charge in [-0.1, -0.05) is 42.5 Å². The Morgan fingerprint density at radius 3 is 1.33 bits per heavy atom. The van der Waals surface area contributed by atoms with E-state index in [9.17, 15) is 0 Å². The molecule has 2 heterocycles. The summed E-state index contributed by atoms with van der Waals surface area (Å²) >= 11 is -0.354. The Labute approximate surface area is 329 Å². The van der Waals surface area contributed by atoms with Gasteiger partial charge in [-0.2, -0.15) is 0 Å². The summed E-state index contributed by atoms with van der Waals surface area (Å²) in [6, 6.07) is 67.7. The maximum atomic E-state index is 5.00. The molecule has 55 heavy (non-hydrogen) atoms. The van der Waals surface area contributed by atoms with Gasteiger partial charge in [-0.05, 0) is 5.39 Å². The van der Waals surface area contributed by atoms with Gasteiger partial charge in [0.05, 0.1) is 0 Å². The number of halogens is 1. The van der Waals surface area contributed by atoms with E-state index in [0.29, 0.717) is 17.5 Å². The Bertz CT molecular complexity index is 3030. The van der Waals surface area contributed by atoms with Crippen molar-refractivity contribution in [2.45, 2.75) is 0 Å². The van der Waals surface area contributed by atoms with Crippen molar-refractivity contribution in [3.8, 4) is 67.5 Å². The van der Waals surface area contributed by atoms with Gasteiger partial charge < -0.3 is 0 Å². The van der Waals surface area contributed by atoms with Crippen molar-refractivity contribution in [2.75, 3.05) is 0 Å². The van der Waals surface area contributed by atoms with Gasteiger partial charge in [-0.25, -0.2) is 0 Å². The Morgan fingerprint density at radius 1 is 0.255 bits per heavy atom. The van der Waals surface area contributed by atoms with Crippen molar-refractivity contribution in [1.82, 2.24) is 15.0 Å². The topological polar surface area (TPSA) is 38.7 Å². The van der Waals surface area contributed by atoms with E-state index in [1.54, 1.807) is 0 Å². The number of aromatic nitrogens is 3. The SMILES string of the molecule is c1ccc(-c2nc(-c3ccccc3)nc(-c3ccc4c(c3)[I-]c3ccc(-c5cccc(-c6ccc7c8ccccc8c8ccccc8c7c6)c5)cc3-4)n2)cc1. The zero-order valence-corrected chi connectivity index (χ0v) is 31.8. The fourth-order valence-electron chi connectivity index (χ4n) is 7.96. The predicted octanol–water partition coefficient (Wildman–Crippen LogP) is 9.77. The Balaban J connectivity index is 0.952. The van der Waals surface area contributed by atoms with Crippen LogP contribution < -0.4 is 21.2 Å². The van der Waals surface area contributed by atoms with Crippen LogP contribution >= 0.6 is 0 Å². The summed E-state index contributed by atoms with van der Waals surface area (Å²) in [7, 11) is 0. The molecule has 1 aliphatic heterocycles. The number of fused-ring (bicyclic) bond motifs is 9. The predicted molar refractivity (Wildman–Crippen MR) is 222 cm³/mol. The van der Waals surface area contributed by atoms with E-state index in [4.69, 9.17) is 15.0 Å². The van der Waals surface area contributed by atoms with E-state index >= 15 is 0 Å². The molecule has 0 radical (unpaired) electrons. The van der Waals surface area contributed by atoms with E-state index in [2.05, 4.69) is 152 Å². The first kappa shape index (κ1) is 32.0. The van der Waals surface area contributed by atoms with Crippen LogP contribution in [0.4, 0.5) is 0 Å². The minimum atomic E-state index is -0.354. The van der Waals surface area contributed by atoms with Crippen LogP contribution in [0.1, 0.15) is 0 Å². The van der Waals surface area contributed by atoms with Gasteiger partial charge in [-0.15, -0.1) is 0 Å². The molecule has 0 aliphatic carbocycles. The Kier molecular flexibility index (Phi) is 7.62. The Hall–Kier alpha value is -6.50. The summed E-state index contributed by atoms with van der Waals surface area (Å²) in [4.78, 5) is 14.9. The number of nitrogens with zero attached hydrogens (tertiary/aromatic N) is 3. The molecule has 4 heteroatoms. The minimum absolute atomic E-state index is 0.354.